The van der Waals surface area contributed by atoms with Gasteiger partial charge in [-0.3, -0.25) is 4.90 Å². The lowest BCUT2D eigenvalue weighted by Gasteiger charge is -2.31. The monoisotopic (exact) mass is 298 g/mol. The Balaban J connectivity index is 1.57. The van der Waals surface area contributed by atoms with Gasteiger partial charge >= 0.3 is 0 Å². The average Bonchev–Trinajstić information content (AvgIpc) is 3.13. The van der Waals surface area contributed by atoms with E-state index in [4.69, 9.17) is 4.98 Å². The molecule has 0 bridgehead atoms. The van der Waals surface area contributed by atoms with E-state index in [1.165, 1.54) is 63.2 Å². The van der Waals surface area contributed by atoms with Crippen LogP contribution in [0.5, 0.6) is 0 Å². The third-order valence-electron chi connectivity index (χ3n) is 5.43. The number of piperidine rings is 1. The molecule has 2 aliphatic heterocycles. The van der Waals surface area contributed by atoms with Gasteiger partial charge < -0.3 is 9.88 Å². The summed E-state index contributed by atoms with van der Waals surface area (Å²) in [5.74, 6) is 2.11. The minimum atomic E-state index is 0.507. The molecule has 0 aliphatic carbocycles. The van der Waals surface area contributed by atoms with Gasteiger partial charge in [-0.2, -0.15) is 0 Å². The molecular weight excluding hydrogens is 272 g/mol. The Kier molecular flexibility index (Phi) is 3.89. The molecule has 4 heteroatoms. The molecule has 1 unspecified atom stereocenters. The molecule has 2 saturated heterocycles. The summed E-state index contributed by atoms with van der Waals surface area (Å²) in [6, 6.07) is 9.01. The van der Waals surface area contributed by atoms with Gasteiger partial charge in [0.05, 0.1) is 17.1 Å². The molecule has 118 valence electrons. The van der Waals surface area contributed by atoms with E-state index in [1.54, 1.807) is 0 Å². The smallest absolute Gasteiger partial charge is 0.127 e. The van der Waals surface area contributed by atoms with E-state index in [-0.39, 0.29) is 0 Å². The van der Waals surface area contributed by atoms with Crippen molar-refractivity contribution < 1.29 is 0 Å². The molecule has 4 rings (SSSR count). The number of imidazole rings is 1. The van der Waals surface area contributed by atoms with Crippen molar-refractivity contribution in [3.63, 3.8) is 0 Å². The maximum Gasteiger partial charge on any atom is 0.127 e. The largest absolute Gasteiger partial charge is 0.330 e. The van der Waals surface area contributed by atoms with Crippen LogP contribution in [0.4, 0.5) is 0 Å². The van der Waals surface area contributed by atoms with Crippen molar-refractivity contribution in [1.82, 2.24) is 19.8 Å². The third kappa shape index (κ3) is 2.55. The molecule has 22 heavy (non-hydrogen) atoms. The predicted molar refractivity (Wildman–Crippen MR) is 89.9 cm³/mol. The fourth-order valence-corrected chi connectivity index (χ4v) is 4.20. The van der Waals surface area contributed by atoms with E-state index in [2.05, 4.69) is 46.1 Å². The fraction of sp³-hybridized carbons (Fsp3) is 0.611. The summed E-state index contributed by atoms with van der Waals surface area (Å²) in [6.45, 7) is 4.86. The summed E-state index contributed by atoms with van der Waals surface area (Å²) >= 11 is 0. The highest BCUT2D eigenvalue weighted by Gasteiger charge is 2.31. The summed E-state index contributed by atoms with van der Waals surface area (Å²) in [5, 5.41) is 3.47. The topological polar surface area (TPSA) is 33.1 Å². The zero-order valence-electron chi connectivity index (χ0n) is 13.5. The van der Waals surface area contributed by atoms with Crippen LogP contribution in [0.2, 0.25) is 0 Å². The molecule has 2 aliphatic rings. The molecular formula is C18H26N4. The highest BCUT2D eigenvalue weighted by Crippen LogP contribution is 2.34. The molecule has 2 fully saturated rings. The van der Waals surface area contributed by atoms with E-state index in [0.29, 0.717) is 6.04 Å². The number of hydrogen-bond acceptors (Lipinski definition) is 3. The molecule has 0 amide bonds. The molecule has 2 aromatic rings. The van der Waals surface area contributed by atoms with Crippen LogP contribution in [0, 0.1) is 5.92 Å². The van der Waals surface area contributed by atoms with Crippen LogP contribution in [0.25, 0.3) is 11.0 Å². The second-order valence-corrected chi connectivity index (χ2v) is 6.86. The Labute approximate surface area is 132 Å². The van der Waals surface area contributed by atoms with Crippen LogP contribution in [0.3, 0.4) is 0 Å². The second-order valence-electron chi connectivity index (χ2n) is 6.86. The van der Waals surface area contributed by atoms with Gasteiger partial charge in [0, 0.05) is 13.6 Å². The van der Waals surface area contributed by atoms with Crippen LogP contribution in [-0.2, 0) is 7.05 Å². The minimum absolute atomic E-state index is 0.507. The first-order chi connectivity index (χ1) is 10.8. The van der Waals surface area contributed by atoms with E-state index >= 15 is 0 Å². The van der Waals surface area contributed by atoms with Crippen molar-refractivity contribution in [1.29, 1.82) is 0 Å². The predicted octanol–water partition coefficient (Wildman–Crippen LogP) is 2.71. The number of fused-ring (bicyclic) bond motifs is 1. The molecule has 0 spiro atoms. The zero-order valence-corrected chi connectivity index (χ0v) is 13.5. The first kappa shape index (κ1) is 14.2. The SMILES string of the molecule is Cn1c(C2CCCN2CC2CCNCC2)nc2ccccc21. The van der Waals surface area contributed by atoms with E-state index < -0.39 is 0 Å². The zero-order chi connectivity index (χ0) is 14.9. The van der Waals surface area contributed by atoms with Gasteiger partial charge in [-0.1, -0.05) is 12.1 Å². The normalized spacial score (nSPS) is 24.3. The van der Waals surface area contributed by atoms with Crippen molar-refractivity contribution in [3.05, 3.63) is 30.1 Å². The lowest BCUT2D eigenvalue weighted by atomic mass is 9.97. The van der Waals surface area contributed by atoms with E-state index in [0.717, 1.165) is 11.4 Å². The maximum absolute atomic E-state index is 4.95. The van der Waals surface area contributed by atoms with Gasteiger partial charge in [0.25, 0.3) is 0 Å². The fourth-order valence-electron chi connectivity index (χ4n) is 4.20. The molecule has 1 atom stereocenters. The second kappa shape index (κ2) is 6.01. The van der Waals surface area contributed by atoms with Crippen molar-refractivity contribution in [3.8, 4) is 0 Å². The Hall–Kier alpha value is -1.39. The lowest BCUT2D eigenvalue weighted by molar-refractivity contribution is 0.186. The van der Waals surface area contributed by atoms with Crippen LogP contribution < -0.4 is 5.32 Å². The van der Waals surface area contributed by atoms with Gasteiger partial charge in [0.1, 0.15) is 5.82 Å². The summed E-state index contributed by atoms with van der Waals surface area (Å²) in [6.07, 6.45) is 5.21. The third-order valence-corrected chi connectivity index (χ3v) is 5.43. The summed E-state index contributed by atoms with van der Waals surface area (Å²) in [7, 11) is 2.17. The number of aromatic nitrogens is 2. The van der Waals surface area contributed by atoms with Crippen molar-refractivity contribution in [2.75, 3.05) is 26.2 Å². The number of likely N-dealkylation sites (tertiary alicyclic amines) is 1. The van der Waals surface area contributed by atoms with Gasteiger partial charge in [0.2, 0.25) is 0 Å². The highest BCUT2D eigenvalue weighted by atomic mass is 15.2. The molecule has 4 nitrogen and oxygen atoms in total. The summed E-state index contributed by atoms with van der Waals surface area (Å²) in [4.78, 5) is 7.64. The number of benzene rings is 1. The minimum Gasteiger partial charge on any atom is -0.330 e. The molecule has 0 saturated carbocycles. The van der Waals surface area contributed by atoms with Gasteiger partial charge in [0.15, 0.2) is 0 Å². The van der Waals surface area contributed by atoms with Crippen molar-refractivity contribution in [2.45, 2.75) is 31.7 Å². The van der Waals surface area contributed by atoms with E-state index in [1.807, 2.05) is 0 Å². The molecule has 1 aromatic heterocycles. The Morgan fingerprint density at radius 1 is 1.18 bits per heavy atom. The maximum atomic E-state index is 4.95. The highest BCUT2D eigenvalue weighted by molar-refractivity contribution is 5.75. The van der Waals surface area contributed by atoms with Crippen LogP contribution >= 0.6 is 0 Å². The Morgan fingerprint density at radius 3 is 2.82 bits per heavy atom. The van der Waals surface area contributed by atoms with Crippen LogP contribution in [0.15, 0.2) is 24.3 Å². The Morgan fingerprint density at radius 2 is 2.00 bits per heavy atom. The number of hydrogen-bond donors (Lipinski definition) is 1. The van der Waals surface area contributed by atoms with Crippen LogP contribution in [0.1, 0.15) is 37.5 Å². The molecule has 0 radical (unpaired) electrons. The first-order valence-electron chi connectivity index (χ1n) is 8.69. The number of para-hydroxylation sites is 2. The molecule has 3 heterocycles. The van der Waals surface area contributed by atoms with Gasteiger partial charge in [-0.05, 0) is 63.4 Å². The first-order valence-corrected chi connectivity index (χ1v) is 8.69. The van der Waals surface area contributed by atoms with Gasteiger partial charge in [-0.15, -0.1) is 0 Å². The lowest BCUT2D eigenvalue weighted by Crippen LogP contribution is -2.36. The average molecular weight is 298 g/mol. The summed E-state index contributed by atoms with van der Waals surface area (Å²) in [5.41, 5.74) is 2.39. The number of rotatable bonds is 3. The van der Waals surface area contributed by atoms with Crippen LogP contribution in [-0.4, -0.2) is 40.6 Å². The van der Waals surface area contributed by atoms with Crippen molar-refractivity contribution >= 4 is 11.0 Å². The van der Waals surface area contributed by atoms with Gasteiger partial charge in [-0.25, -0.2) is 4.98 Å². The number of nitrogens with one attached hydrogen (secondary N) is 1. The quantitative estimate of drug-likeness (QED) is 0.946. The molecule has 1 aromatic carbocycles. The number of aryl methyl sites for hydroxylation is 1. The van der Waals surface area contributed by atoms with E-state index in [9.17, 15) is 0 Å². The Bertz CT molecular complexity index is 642. The van der Waals surface area contributed by atoms with Crippen molar-refractivity contribution in [2.24, 2.45) is 13.0 Å². The standard InChI is InChI=1S/C18H26N4/c1-21-16-6-3-2-5-15(16)20-18(21)17-7-4-12-22(17)13-14-8-10-19-11-9-14/h2-3,5-6,14,17,19H,4,7-13H2,1H3. The summed E-state index contributed by atoms with van der Waals surface area (Å²) < 4.78 is 2.31. The number of nitrogens with zero attached hydrogens (tertiary/aromatic N) is 3. The molecule has 1 N–H and O–H groups in total.